The molecule has 4 heteroatoms. The molecule has 3 nitrogen and oxygen atoms in total. The molecule has 1 heterocycles. The van der Waals surface area contributed by atoms with Gasteiger partial charge in [0.1, 0.15) is 5.78 Å². The average Bonchev–Trinajstić information content (AvgIpc) is 3.72. The predicted molar refractivity (Wildman–Crippen MR) is 153 cm³/mol. The number of carbonyl (C=O) groups is 2. The van der Waals surface area contributed by atoms with Crippen molar-refractivity contribution >= 4 is 24.0 Å². The van der Waals surface area contributed by atoms with Crippen molar-refractivity contribution in [1.29, 1.82) is 0 Å². The number of rotatable bonds is 4. The van der Waals surface area contributed by atoms with Crippen molar-refractivity contribution in [3.8, 4) is 11.1 Å². The molecule has 1 aromatic carbocycles. The van der Waals surface area contributed by atoms with Gasteiger partial charge in [0.25, 0.3) is 0 Å². The van der Waals surface area contributed by atoms with E-state index in [4.69, 9.17) is 0 Å². The quantitative estimate of drug-likeness (QED) is 0.406. The molecule has 1 aromatic heterocycles. The molecule has 3 fully saturated rings. The number of fused-ring (bicyclic) bond motifs is 4. The fraction of sp³-hybridized carbons (Fsp3) is 0.500. The van der Waals surface area contributed by atoms with E-state index < -0.39 is 0 Å². The zero-order valence-corrected chi connectivity index (χ0v) is 23.3. The van der Waals surface area contributed by atoms with Gasteiger partial charge in [-0.15, -0.1) is 12.4 Å². The Morgan fingerprint density at radius 1 is 1.00 bits per heavy atom. The van der Waals surface area contributed by atoms with Crippen molar-refractivity contribution in [3.63, 3.8) is 0 Å². The van der Waals surface area contributed by atoms with E-state index in [-0.39, 0.29) is 23.7 Å². The second-order valence-corrected chi connectivity index (χ2v) is 12.8. The minimum Gasteiger partial charge on any atom is -0.299 e. The molecule has 0 N–H and O–H groups in total. The van der Waals surface area contributed by atoms with Gasteiger partial charge in [-0.05, 0) is 108 Å². The van der Waals surface area contributed by atoms with Gasteiger partial charge in [-0.3, -0.25) is 14.6 Å². The zero-order chi connectivity index (χ0) is 25.3. The number of allylic oxidation sites excluding steroid dienone is 4. The Kier molecular flexibility index (Phi) is 6.50. The topological polar surface area (TPSA) is 47.0 Å². The van der Waals surface area contributed by atoms with Gasteiger partial charge < -0.3 is 0 Å². The number of ketones is 2. The molecule has 3 unspecified atom stereocenters. The second kappa shape index (κ2) is 9.59. The summed E-state index contributed by atoms with van der Waals surface area (Å²) in [4.78, 5) is 30.3. The second-order valence-electron chi connectivity index (χ2n) is 12.8. The lowest BCUT2D eigenvalue weighted by Crippen LogP contribution is -2.45. The standard InChI is InChI=1S/C34H37NO2.ClH/c1-20-16-30-28-13-11-24-17-26(36)12-14-27(24)31(28)29(18-34(30,2)32(20)33(37)23-9-10-23)22-7-5-21(6-8-22)25-4-3-15-35-19-25;/h3-8,15,17,19-20,23,28-30,32H,9-14,16,18H2,1-2H3;1H/t20?,28-,29?,30-,32?,34-;/m0./s1. The summed E-state index contributed by atoms with van der Waals surface area (Å²) < 4.78 is 0. The summed E-state index contributed by atoms with van der Waals surface area (Å²) in [5.41, 5.74) is 8.16. The lowest BCUT2D eigenvalue weighted by molar-refractivity contribution is -0.130. The van der Waals surface area contributed by atoms with Gasteiger partial charge in [0.2, 0.25) is 0 Å². The smallest absolute Gasteiger partial charge is 0.156 e. The molecule has 5 aliphatic rings. The van der Waals surface area contributed by atoms with Gasteiger partial charge >= 0.3 is 0 Å². The number of benzene rings is 1. The van der Waals surface area contributed by atoms with E-state index in [1.54, 1.807) is 5.57 Å². The Balaban J connectivity index is 0.00000264. The van der Waals surface area contributed by atoms with Crippen LogP contribution in [0.3, 0.4) is 0 Å². The number of carbonyl (C=O) groups excluding carboxylic acids is 2. The van der Waals surface area contributed by atoms with Crippen molar-refractivity contribution in [3.05, 3.63) is 77.2 Å². The first kappa shape index (κ1) is 25.7. The van der Waals surface area contributed by atoms with E-state index >= 15 is 0 Å². The molecule has 2 aromatic rings. The van der Waals surface area contributed by atoms with Crippen molar-refractivity contribution in [2.24, 2.45) is 35.0 Å². The number of nitrogens with zero attached hydrogens (tertiary/aromatic N) is 1. The molecule has 0 amide bonds. The SMILES string of the molecule is CC1C[C@H]2[C@@H]3CCC4=CC(=O)CCC4=C3C(c3ccc(-c4cccnc4)cc3)C[C@]2(C)C1C(=O)C1CC1.Cl. The van der Waals surface area contributed by atoms with E-state index in [9.17, 15) is 9.59 Å². The molecule has 198 valence electrons. The molecule has 0 bridgehead atoms. The third kappa shape index (κ3) is 4.04. The van der Waals surface area contributed by atoms with Crippen LogP contribution in [0.5, 0.6) is 0 Å². The maximum atomic E-state index is 13.7. The largest absolute Gasteiger partial charge is 0.299 e. The molecular weight excluding hydrogens is 490 g/mol. The fourth-order valence-corrected chi connectivity index (χ4v) is 9.00. The third-order valence-electron chi connectivity index (χ3n) is 10.7. The highest BCUT2D eigenvalue weighted by atomic mass is 35.5. The van der Waals surface area contributed by atoms with E-state index in [1.807, 2.05) is 24.5 Å². The van der Waals surface area contributed by atoms with Crippen LogP contribution in [-0.4, -0.2) is 16.6 Å². The van der Waals surface area contributed by atoms with Gasteiger partial charge in [-0.25, -0.2) is 0 Å². The van der Waals surface area contributed by atoms with Crippen molar-refractivity contribution in [1.82, 2.24) is 4.98 Å². The molecule has 3 saturated carbocycles. The van der Waals surface area contributed by atoms with Crippen molar-refractivity contribution in [2.45, 2.75) is 71.1 Å². The van der Waals surface area contributed by atoms with Crippen LogP contribution in [0.15, 0.2) is 71.6 Å². The monoisotopic (exact) mass is 527 g/mol. The molecule has 5 aliphatic carbocycles. The van der Waals surface area contributed by atoms with Crippen LogP contribution in [0.1, 0.15) is 76.7 Å². The summed E-state index contributed by atoms with van der Waals surface area (Å²) in [6.07, 6.45) is 13.8. The van der Waals surface area contributed by atoms with Gasteiger partial charge in [0.05, 0.1) is 0 Å². The summed E-state index contributed by atoms with van der Waals surface area (Å²) in [5.74, 6) is 3.26. The van der Waals surface area contributed by atoms with Crippen molar-refractivity contribution in [2.75, 3.05) is 0 Å². The van der Waals surface area contributed by atoms with Crippen LogP contribution in [0, 0.1) is 35.0 Å². The van der Waals surface area contributed by atoms with Gasteiger partial charge in [0, 0.05) is 36.6 Å². The Labute approximate surface area is 232 Å². The number of hydrogen-bond donors (Lipinski definition) is 0. The summed E-state index contributed by atoms with van der Waals surface area (Å²) in [5, 5.41) is 0. The summed E-state index contributed by atoms with van der Waals surface area (Å²) in [6, 6.07) is 13.2. The van der Waals surface area contributed by atoms with Crippen LogP contribution in [-0.2, 0) is 9.59 Å². The molecule has 0 aliphatic heterocycles. The Hall–Kier alpha value is -2.52. The van der Waals surface area contributed by atoms with E-state index in [2.05, 4.69) is 49.2 Å². The molecular formula is C34H38ClNO2. The van der Waals surface area contributed by atoms with E-state index in [1.165, 1.54) is 28.7 Å². The molecule has 6 atom stereocenters. The number of hydrogen-bond acceptors (Lipinski definition) is 3. The molecule has 38 heavy (non-hydrogen) atoms. The molecule has 7 rings (SSSR count). The summed E-state index contributed by atoms with van der Waals surface area (Å²) in [7, 11) is 0. The Morgan fingerprint density at radius 2 is 1.79 bits per heavy atom. The first-order chi connectivity index (χ1) is 17.9. The molecule has 0 radical (unpaired) electrons. The first-order valence-corrected chi connectivity index (χ1v) is 14.4. The van der Waals surface area contributed by atoms with Crippen molar-refractivity contribution < 1.29 is 9.59 Å². The van der Waals surface area contributed by atoms with E-state index in [0.717, 1.165) is 44.1 Å². The minimum absolute atomic E-state index is 0. The third-order valence-corrected chi connectivity index (χ3v) is 10.7. The van der Waals surface area contributed by atoms with Gasteiger partial charge in [-0.2, -0.15) is 0 Å². The lowest BCUT2D eigenvalue weighted by atomic mass is 9.51. The normalized spacial score (nSPS) is 34.0. The molecule has 0 saturated heterocycles. The number of aromatic nitrogens is 1. The number of halogens is 1. The number of Topliss-reactive ketones (excluding diaryl/α,β-unsaturated/α-hetero) is 1. The Bertz CT molecular complexity index is 1320. The van der Waals surface area contributed by atoms with Gasteiger partial charge in [-0.1, -0.05) is 49.8 Å². The lowest BCUT2D eigenvalue weighted by Gasteiger charge is -2.52. The highest BCUT2D eigenvalue weighted by molar-refractivity contribution is 5.93. The summed E-state index contributed by atoms with van der Waals surface area (Å²) in [6.45, 7) is 4.83. The summed E-state index contributed by atoms with van der Waals surface area (Å²) >= 11 is 0. The fourth-order valence-electron chi connectivity index (χ4n) is 9.00. The predicted octanol–water partition coefficient (Wildman–Crippen LogP) is 7.91. The highest BCUT2D eigenvalue weighted by Crippen LogP contribution is 2.67. The average molecular weight is 528 g/mol. The van der Waals surface area contributed by atoms with E-state index in [0.29, 0.717) is 47.6 Å². The van der Waals surface area contributed by atoms with Crippen LogP contribution in [0.25, 0.3) is 11.1 Å². The highest BCUT2D eigenvalue weighted by Gasteiger charge is 2.61. The maximum absolute atomic E-state index is 13.7. The maximum Gasteiger partial charge on any atom is 0.156 e. The van der Waals surface area contributed by atoms with Crippen LogP contribution in [0.4, 0.5) is 0 Å². The Morgan fingerprint density at radius 3 is 2.50 bits per heavy atom. The van der Waals surface area contributed by atoms with Crippen LogP contribution >= 0.6 is 12.4 Å². The number of pyridine rings is 1. The zero-order valence-electron chi connectivity index (χ0n) is 22.5. The molecule has 0 spiro atoms. The van der Waals surface area contributed by atoms with Gasteiger partial charge in [0.15, 0.2) is 5.78 Å². The first-order valence-electron chi connectivity index (χ1n) is 14.4. The minimum atomic E-state index is 0. The van der Waals surface area contributed by atoms with Crippen LogP contribution < -0.4 is 0 Å². The van der Waals surface area contributed by atoms with Crippen LogP contribution in [0.2, 0.25) is 0 Å².